The Hall–Kier alpha value is -3.41. The topological polar surface area (TPSA) is 78.7 Å². The van der Waals surface area contributed by atoms with Gasteiger partial charge in [-0.05, 0) is 54.1 Å². The van der Waals surface area contributed by atoms with Gasteiger partial charge in [-0.15, -0.1) is 0 Å². The zero-order valence-electron chi connectivity index (χ0n) is 12.8. The van der Waals surface area contributed by atoms with Crippen molar-refractivity contribution >= 4 is 23.5 Å². The van der Waals surface area contributed by atoms with Crippen LogP contribution in [0.4, 0.5) is 5.69 Å². The number of ether oxygens (including phenoxy) is 2. The molecule has 0 atom stereocenters. The fourth-order valence-corrected chi connectivity index (χ4v) is 2.26. The second-order valence-electron chi connectivity index (χ2n) is 5.07. The number of carbonyl (C=O) groups excluding carboxylic acids is 1. The van der Waals surface area contributed by atoms with E-state index >= 15 is 0 Å². The zero-order chi connectivity index (χ0) is 17.1. The molecule has 0 amide bonds. The maximum atomic E-state index is 12.0. The number of hydrogen-bond acceptors (Lipinski definition) is 5. The number of nitrogens with zero attached hydrogens (tertiary/aromatic N) is 1. The average molecular weight is 323 g/mol. The number of nitro benzene ring substituents is 1. The van der Waals surface area contributed by atoms with Gasteiger partial charge in [0.05, 0.1) is 17.6 Å². The highest BCUT2D eigenvalue weighted by Gasteiger charge is 2.22. The number of nitro groups is 1. The van der Waals surface area contributed by atoms with E-state index in [1.807, 2.05) is 0 Å². The molecule has 0 saturated carbocycles. The second kappa shape index (κ2) is 6.37. The predicted octanol–water partition coefficient (Wildman–Crippen LogP) is 3.58. The number of non-ortho nitro benzene ring substituents is 1. The van der Waals surface area contributed by atoms with Gasteiger partial charge in [-0.2, -0.15) is 0 Å². The molecule has 0 aliphatic carbocycles. The molecule has 2 aromatic rings. The van der Waals surface area contributed by atoms with Gasteiger partial charge in [0.25, 0.3) is 5.69 Å². The molecule has 0 spiro atoms. The van der Waals surface area contributed by atoms with Gasteiger partial charge in [0.1, 0.15) is 11.5 Å². The minimum absolute atomic E-state index is 0.000567. The molecule has 1 aliphatic rings. The van der Waals surface area contributed by atoms with Crippen LogP contribution in [0.1, 0.15) is 11.1 Å². The van der Waals surface area contributed by atoms with Crippen LogP contribution in [0, 0.1) is 10.1 Å². The van der Waals surface area contributed by atoms with E-state index in [1.54, 1.807) is 55.7 Å². The summed E-state index contributed by atoms with van der Waals surface area (Å²) in [5.74, 6) is 0.709. The Kier molecular flexibility index (Phi) is 4.11. The number of rotatable bonds is 4. The summed E-state index contributed by atoms with van der Waals surface area (Å²) in [5.41, 5.74) is 1.83. The van der Waals surface area contributed by atoms with Gasteiger partial charge < -0.3 is 9.47 Å². The van der Waals surface area contributed by atoms with E-state index in [1.165, 1.54) is 12.1 Å². The van der Waals surface area contributed by atoms with Crippen LogP contribution in [0.3, 0.4) is 0 Å². The summed E-state index contributed by atoms with van der Waals surface area (Å²) < 4.78 is 10.4. The van der Waals surface area contributed by atoms with E-state index in [4.69, 9.17) is 9.47 Å². The van der Waals surface area contributed by atoms with Gasteiger partial charge in [0.15, 0.2) is 0 Å². The van der Waals surface area contributed by atoms with Crippen LogP contribution in [-0.4, -0.2) is 18.0 Å². The van der Waals surface area contributed by atoms with Gasteiger partial charge in [0, 0.05) is 17.7 Å². The molecule has 24 heavy (non-hydrogen) atoms. The highest BCUT2D eigenvalue weighted by Crippen LogP contribution is 2.28. The van der Waals surface area contributed by atoms with Crippen LogP contribution in [-0.2, 0) is 9.53 Å². The van der Waals surface area contributed by atoms with Crippen molar-refractivity contribution in [1.29, 1.82) is 0 Å². The van der Waals surface area contributed by atoms with Gasteiger partial charge in [0.2, 0.25) is 0 Å². The third-order valence-corrected chi connectivity index (χ3v) is 3.53. The van der Waals surface area contributed by atoms with Gasteiger partial charge in [-0.1, -0.05) is 0 Å². The lowest BCUT2D eigenvalue weighted by Crippen LogP contribution is -1.97. The number of carbonyl (C=O) groups is 1. The fraction of sp³-hybridized carbons (Fsp3) is 0.0556. The van der Waals surface area contributed by atoms with Crippen LogP contribution >= 0.6 is 0 Å². The molecule has 0 unspecified atom stereocenters. The molecule has 0 aromatic heterocycles. The molecule has 0 fully saturated rings. The molecular formula is C18H13NO5. The quantitative estimate of drug-likeness (QED) is 0.372. The maximum Gasteiger partial charge on any atom is 0.343 e. The maximum absolute atomic E-state index is 12.0. The smallest absolute Gasteiger partial charge is 0.343 e. The first-order valence-corrected chi connectivity index (χ1v) is 7.11. The zero-order valence-corrected chi connectivity index (χ0v) is 12.8. The first-order chi connectivity index (χ1) is 11.6. The van der Waals surface area contributed by atoms with Crippen LogP contribution in [0.5, 0.6) is 5.75 Å². The Balaban J connectivity index is 1.86. The molecule has 0 radical (unpaired) electrons. The monoisotopic (exact) mass is 323 g/mol. The van der Waals surface area contributed by atoms with Crippen molar-refractivity contribution in [3.8, 4) is 5.75 Å². The van der Waals surface area contributed by atoms with E-state index < -0.39 is 10.9 Å². The van der Waals surface area contributed by atoms with Gasteiger partial charge in [-0.3, -0.25) is 10.1 Å². The second-order valence-corrected chi connectivity index (χ2v) is 5.07. The normalized spacial score (nSPS) is 15.1. The lowest BCUT2D eigenvalue weighted by molar-refractivity contribution is -0.384. The summed E-state index contributed by atoms with van der Waals surface area (Å²) in [6.45, 7) is 0. The first-order valence-electron chi connectivity index (χ1n) is 7.11. The van der Waals surface area contributed by atoms with Crippen LogP contribution in [0.15, 0.2) is 60.2 Å². The average Bonchev–Trinajstić information content (AvgIpc) is 2.96. The first kappa shape index (κ1) is 15.5. The summed E-state index contributed by atoms with van der Waals surface area (Å²) in [5, 5.41) is 10.7. The highest BCUT2D eigenvalue weighted by molar-refractivity contribution is 6.05. The van der Waals surface area contributed by atoms with Crippen LogP contribution < -0.4 is 4.74 Å². The molecule has 0 saturated heterocycles. The van der Waals surface area contributed by atoms with Gasteiger partial charge >= 0.3 is 5.97 Å². The summed E-state index contributed by atoms with van der Waals surface area (Å²) in [7, 11) is 1.58. The highest BCUT2D eigenvalue weighted by atomic mass is 16.6. The largest absolute Gasteiger partial charge is 0.497 e. The number of cyclic esters (lactones) is 1. The summed E-state index contributed by atoms with van der Waals surface area (Å²) in [4.78, 5) is 22.2. The molecule has 6 heteroatoms. The minimum Gasteiger partial charge on any atom is -0.497 e. The van der Waals surface area contributed by atoms with Crippen molar-refractivity contribution in [2.75, 3.05) is 7.11 Å². The van der Waals surface area contributed by atoms with Crippen LogP contribution in [0.2, 0.25) is 0 Å². The Morgan fingerprint density at radius 2 is 1.75 bits per heavy atom. The molecule has 2 aromatic carbocycles. The SMILES string of the molecule is COc1ccc(C2=C/C(=C/c3ccc([N+](=O)[O-])cc3)C(=O)O2)cc1. The summed E-state index contributed by atoms with van der Waals surface area (Å²) >= 11 is 0. The Morgan fingerprint density at radius 1 is 1.08 bits per heavy atom. The van der Waals surface area contributed by atoms with Crippen molar-refractivity contribution in [3.63, 3.8) is 0 Å². The Bertz CT molecular complexity index is 848. The van der Waals surface area contributed by atoms with Crippen molar-refractivity contribution < 1.29 is 19.2 Å². The number of benzene rings is 2. The van der Waals surface area contributed by atoms with E-state index in [-0.39, 0.29) is 5.69 Å². The Morgan fingerprint density at radius 3 is 2.33 bits per heavy atom. The van der Waals surface area contributed by atoms with Gasteiger partial charge in [-0.25, -0.2) is 4.79 Å². The number of hydrogen-bond donors (Lipinski definition) is 0. The fourth-order valence-electron chi connectivity index (χ4n) is 2.26. The lowest BCUT2D eigenvalue weighted by Gasteiger charge is -2.03. The Labute approximate surface area is 137 Å². The molecule has 3 rings (SSSR count). The summed E-state index contributed by atoms with van der Waals surface area (Å²) in [6, 6.07) is 13.1. The predicted molar refractivity (Wildman–Crippen MR) is 88.1 cm³/mol. The van der Waals surface area contributed by atoms with Crippen molar-refractivity contribution in [1.82, 2.24) is 0 Å². The lowest BCUT2D eigenvalue weighted by atomic mass is 10.1. The van der Waals surface area contributed by atoms with Crippen molar-refractivity contribution in [3.05, 3.63) is 81.4 Å². The third kappa shape index (κ3) is 3.17. The standard InChI is InChI=1S/C18H13NO5/c1-23-16-8-4-13(5-9-16)17-11-14(18(20)24-17)10-12-2-6-15(7-3-12)19(21)22/h2-11H,1H3/b14-10-. The molecular weight excluding hydrogens is 310 g/mol. The molecule has 0 bridgehead atoms. The molecule has 6 nitrogen and oxygen atoms in total. The molecule has 1 aliphatic heterocycles. The molecule has 120 valence electrons. The van der Waals surface area contributed by atoms with Crippen molar-refractivity contribution in [2.24, 2.45) is 0 Å². The third-order valence-electron chi connectivity index (χ3n) is 3.53. The van der Waals surface area contributed by atoms with E-state index in [0.717, 1.165) is 5.56 Å². The number of esters is 1. The summed E-state index contributed by atoms with van der Waals surface area (Å²) in [6.07, 6.45) is 3.27. The molecule has 0 N–H and O–H groups in total. The number of methoxy groups -OCH3 is 1. The van der Waals surface area contributed by atoms with E-state index in [9.17, 15) is 14.9 Å². The van der Waals surface area contributed by atoms with E-state index in [0.29, 0.717) is 22.6 Å². The molecule has 1 heterocycles. The van der Waals surface area contributed by atoms with Crippen LogP contribution in [0.25, 0.3) is 11.8 Å². The minimum atomic E-state index is -0.470. The van der Waals surface area contributed by atoms with Crippen molar-refractivity contribution in [2.45, 2.75) is 0 Å². The van der Waals surface area contributed by atoms with E-state index in [2.05, 4.69) is 0 Å².